The summed E-state index contributed by atoms with van der Waals surface area (Å²) in [6.45, 7) is -0.395. The van der Waals surface area contributed by atoms with Gasteiger partial charge in [0.05, 0.1) is 0 Å². The standard InChI is InChI=1S/C17H17FN2O5S2/c18-12-3-1-11(2-4-12)9-19-15(21)10-25-17(22)16-14(7-8-26-16)27(23,24)20-13-5-6-13/h1-4,7-8,13,20H,5-6,9-10H2,(H,19,21). The average molecular weight is 412 g/mol. The van der Waals surface area contributed by atoms with Crippen LogP contribution in [0.2, 0.25) is 0 Å². The first-order chi connectivity index (χ1) is 12.8. The minimum absolute atomic E-state index is 0.0746. The average Bonchev–Trinajstić information content (AvgIpc) is 3.28. The summed E-state index contributed by atoms with van der Waals surface area (Å²) >= 11 is 0.934. The number of thiophene rings is 1. The van der Waals surface area contributed by atoms with Crippen LogP contribution in [0.4, 0.5) is 4.39 Å². The Kier molecular flexibility index (Phi) is 5.88. The van der Waals surface area contributed by atoms with Crippen LogP contribution in [0.5, 0.6) is 0 Å². The van der Waals surface area contributed by atoms with E-state index in [0.717, 1.165) is 24.2 Å². The Labute approximate surface area is 159 Å². The van der Waals surface area contributed by atoms with E-state index >= 15 is 0 Å². The van der Waals surface area contributed by atoms with E-state index in [0.29, 0.717) is 5.56 Å². The molecule has 0 atom stereocenters. The van der Waals surface area contributed by atoms with Crippen LogP contribution in [0.3, 0.4) is 0 Å². The van der Waals surface area contributed by atoms with E-state index in [1.54, 1.807) is 0 Å². The Balaban J connectivity index is 1.52. The van der Waals surface area contributed by atoms with Crippen molar-refractivity contribution >= 4 is 33.2 Å². The van der Waals surface area contributed by atoms with Crippen LogP contribution in [0.1, 0.15) is 28.1 Å². The molecule has 1 fully saturated rings. The molecule has 2 aromatic rings. The van der Waals surface area contributed by atoms with Gasteiger partial charge in [0.2, 0.25) is 10.0 Å². The van der Waals surface area contributed by atoms with Crippen LogP contribution in [0.15, 0.2) is 40.6 Å². The molecule has 1 aliphatic rings. The maximum Gasteiger partial charge on any atom is 0.350 e. The van der Waals surface area contributed by atoms with Gasteiger partial charge in [-0.2, -0.15) is 0 Å². The molecule has 144 valence electrons. The molecule has 3 rings (SSSR count). The lowest BCUT2D eigenvalue weighted by molar-refractivity contribution is -0.124. The number of benzene rings is 1. The molecule has 0 saturated heterocycles. The van der Waals surface area contributed by atoms with Gasteiger partial charge in [-0.15, -0.1) is 11.3 Å². The predicted octanol–water partition coefficient (Wildman–Crippen LogP) is 1.80. The summed E-state index contributed by atoms with van der Waals surface area (Å²) in [6, 6.07) is 6.84. The maximum absolute atomic E-state index is 12.8. The normalized spacial score (nSPS) is 14.0. The quantitative estimate of drug-likeness (QED) is 0.644. The van der Waals surface area contributed by atoms with Crippen molar-refractivity contribution in [2.75, 3.05) is 6.61 Å². The van der Waals surface area contributed by atoms with Gasteiger partial charge in [-0.3, -0.25) is 4.79 Å². The van der Waals surface area contributed by atoms with Crippen LogP contribution in [0, 0.1) is 5.82 Å². The molecule has 1 saturated carbocycles. The van der Waals surface area contributed by atoms with Gasteiger partial charge < -0.3 is 10.1 Å². The van der Waals surface area contributed by atoms with E-state index in [-0.39, 0.29) is 28.2 Å². The number of halogens is 1. The van der Waals surface area contributed by atoms with Gasteiger partial charge in [-0.25, -0.2) is 22.3 Å². The van der Waals surface area contributed by atoms with Crippen molar-refractivity contribution in [3.8, 4) is 0 Å². The number of nitrogens with one attached hydrogen (secondary N) is 2. The highest BCUT2D eigenvalue weighted by Gasteiger charge is 2.31. The summed E-state index contributed by atoms with van der Waals surface area (Å²) in [6.07, 6.45) is 1.55. The second-order valence-electron chi connectivity index (χ2n) is 5.99. The molecule has 2 N–H and O–H groups in total. The van der Waals surface area contributed by atoms with Crippen molar-refractivity contribution in [2.45, 2.75) is 30.3 Å². The second-order valence-corrected chi connectivity index (χ2v) is 8.59. The monoisotopic (exact) mass is 412 g/mol. The third-order valence-electron chi connectivity index (χ3n) is 3.74. The molecule has 0 unspecified atom stereocenters. The van der Waals surface area contributed by atoms with Crippen molar-refractivity contribution < 1.29 is 27.1 Å². The van der Waals surface area contributed by atoms with E-state index in [1.807, 2.05) is 0 Å². The summed E-state index contributed by atoms with van der Waals surface area (Å²) in [7, 11) is -3.79. The van der Waals surface area contributed by atoms with Crippen molar-refractivity contribution in [1.82, 2.24) is 10.0 Å². The first-order valence-corrected chi connectivity index (χ1v) is 10.5. The van der Waals surface area contributed by atoms with Crippen molar-refractivity contribution in [3.05, 3.63) is 52.0 Å². The Morgan fingerprint density at radius 1 is 1.19 bits per heavy atom. The minimum Gasteiger partial charge on any atom is -0.451 e. The number of ether oxygens (including phenoxy) is 1. The molecular weight excluding hydrogens is 395 g/mol. The van der Waals surface area contributed by atoms with E-state index in [4.69, 9.17) is 4.74 Å². The molecule has 0 radical (unpaired) electrons. The van der Waals surface area contributed by atoms with Crippen molar-refractivity contribution in [3.63, 3.8) is 0 Å². The molecule has 1 aromatic heterocycles. The largest absolute Gasteiger partial charge is 0.451 e. The first-order valence-electron chi connectivity index (χ1n) is 8.13. The van der Waals surface area contributed by atoms with E-state index < -0.39 is 28.5 Å². The Bertz CT molecular complexity index is 936. The van der Waals surface area contributed by atoms with Crippen molar-refractivity contribution in [2.24, 2.45) is 0 Å². The van der Waals surface area contributed by atoms with Gasteiger partial charge in [0.25, 0.3) is 5.91 Å². The van der Waals surface area contributed by atoms with Gasteiger partial charge in [-0.05, 0) is 42.0 Å². The molecule has 0 aliphatic heterocycles. The highest BCUT2D eigenvalue weighted by Crippen LogP contribution is 2.26. The molecule has 7 nitrogen and oxygen atoms in total. The first kappa shape index (κ1) is 19.5. The van der Waals surface area contributed by atoms with Crippen LogP contribution < -0.4 is 10.0 Å². The molecular formula is C17H17FN2O5S2. The zero-order chi connectivity index (χ0) is 19.4. The highest BCUT2D eigenvalue weighted by atomic mass is 32.2. The van der Waals surface area contributed by atoms with Crippen molar-refractivity contribution in [1.29, 1.82) is 0 Å². The summed E-state index contributed by atoms with van der Waals surface area (Å²) in [4.78, 5) is 23.8. The van der Waals surface area contributed by atoms with Crippen LogP contribution in [-0.2, 0) is 26.1 Å². The molecule has 1 amide bonds. The number of carbonyl (C=O) groups is 2. The Morgan fingerprint density at radius 3 is 2.56 bits per heavy atom. The molecule has 1 heterocycles. The molecule has 1 aliphatic carbocycles. The van der Waals surface area contributed by atoms with Gasteiger partial charge in [0, 0.05) is 12.6 Å². The SMILES string of the molecule is O=C(COC(=O)c1sccc1S(=O)(=O)NC1CC1)NCc1ccc(F)cc1. The number of hydrogen-bond acceptors (Lipinski definition) is 6. The highest BCUT2D eigenvalue weighted by molar-refractivity contribution is 7.89. The van der Waals surface area contributed by atoms with Crippen LogP contribution >= 0.6 is 11.3 Å². The summed E-state index contributed by atoms with van der Waals surface area (Å²) in [5.41, 5.74) is 0.689. The van der Waals surface area contributed by atoms with Crippen LogP contribution in [-0.4, -0.2) is 32.9 Å². The summed E-state index contributed by atoms with van der Waals surface area (Å²) in [5.74, 6) is -1.81. The molecule has 0 bridgehead atoms. The molecule has 0 spiro atoms. The zero-order valence-electron chi connectivity index (χ0n) is 14.1. The Morgan fingerprint density at radius 2 is 1.89 bits per heavy atom. The number of carbonyl (C=O) groups excluding carboxylic acids is 2. The van der Waals surface area contributed by atoms with E-state index in [1.165, 1.54) is 35.7 Å². The lowest BCUT2D eigenvalue weighted by Crippen LogP contribution is -2.29. The fourth-order valence-electron chi connectivity index (χ4n) is 2.19. The number of sulfonamides is 1. The van der Waals surface area contributed by atoms with Gasteiger partial charge in [0.15, 0.2) is 6.61 Å². The summed E-state index contributed by atoms with van der Waals surface area (Å²) < 4.78 is 44.8. The number of esters is 1. The van der Waals surface area contributed by atoms with Crippen LogP contribution in [0.25, 0.3) is 0 Å². The second kappa shape index (κ2) is 8.15. The number of amides is 1. The molecule has 10 heteroatoms. The smallest absolute Gasteiger partial charge is 0.350 e. The summed E-state index contributed by atoms with van der Waals surface area (Å²) in [5, 5.41) is 4.01. The third-order valence-corrected chi connectivity index (χ3v) is 6.33. The van der Waals surface area contributed by atoms with Gasteiger partial charge in [-0.1, -0.05) is 12.1 Å². The fourth-order valence-corrected chi connectivity index (χ4v) is 4.81. The molecule has 27 heavy (non-hydrogen) atoms. The fraction of sp³-hybridized carbons (Fsp3) is 0.294. The zero-order valence-corrected chi connectivity index (χ0v) is 15.7. The minimum atomic E-state index is -3.79. The van der Waals surface area contributed by atoms with E-state index in [9.17, 15) is 22.4 Å². The Hall–Kier alpha value is -2.30. The number of hydrogen-bond donors (Lipinski definition) is 2. The van der Waals surface area contributed by atoms with Gasteiger partial charge >= 0.3 is 5.97 Å². The van der Waals surface area contributed by atoms with Gasteiger partial charge in [0.1, 0.15) is 15.6 Å². The topological polar surface area (TPSA) is 102 Å². The number of rotatable bonds is 8. The predicted molar refractivity (Wildman–Crippen MR) is 96.2 cm³/mol. The lowest BCUT2D eigenvalue weighted by Gasteiger charge is -2.08. The molecule has 1 aromatic carbocycles. The van der Waals surface area contributed by atoms with E-state index in [2.05, 4.69) is 10.0 Å². The third kappa shape index (κ3) is 5.34. The maximum atomic E-state index is 12.8. The lowest BCUT2D eigenvalue weighted by atomic mass is 10.2.